The van der Waals surface area contributed by atoms with E-state index >= 15 is 4.39 Å². The van der Waals surface area contributed by atoms with Crippen LogP contribution in [0.25, 0.3) is 11.1 Å². The second-order valence-electron chi connectivity index (χ2n) is 9.97. The maximum Gasteiger partial charge on any atom is 0.414 e. The van der Waals surface area contributed by atoms with Crippen molar-refractivity contribution in [2.24, 2.45) is 5.73 Å². The molecule has 0 radical (unpaired) electrons. The number of carbonyl (C=O) groups is 3. The van der Waals surface area contributed by atoms with E-state index in [9.17, 15) is 18.8 Å². The Kier molecular flexibility index (Phi) is 8.85. The van der Waals surface area contributed by atoms with Gasteiger partial charge in [0.2, 0.25) is 0 Å². The number of anilines is 1. The molecule has 2 aromatic carbocycles. The molecule has 0 bridgehead atoms. The minimum absolute atomic E-state index is 0.0453. The third-order valence-electron chi connectivity index (χ3n) is 5.82. The molecular weight excluding hydrogens is 484 g/mol. The number of nitrogens with zero attached hydrogens (tertiary/aromatic N) is 2. The molecule has 0 aliphatic carbocycles. The van der Waals surface area contributed by atoms with Crippen LogP contribution in [-0.2, 0) is 20.8 Å². The molecular formula is C27H33F2N3O5. The van der Waals surface area contributed by atoms with Gasteiger partial charge in [-0.2, -0.15) is 0 Å². The highest BCUT2D eigenvalue weighted by Crippen LogP contribution is 2.30. The average molecular weight is 518 g/mol. The number of hydrogen-bond donors (Lipinski definition) is 1. The number of ether oxygens (including phenoxy) is 2. The standard InChI is InChI=1S/C27H33F2N3O5/c1-17(33)24(30)23-16-32(26(35)36-23)20-10-11-21(22(29)14-20)19-8-6-18(7-9-19)15-31(13-5-12-28)25(34)37-27(2,3)4/h6-11,14,23-24H,5,12-13,15-16,30H2,1-4H3. The molecule has 0 spiro atoms. The zero-order valence-electron chi connectivity index (χ0n) is 21.5. The summed E-state index contributed by atoms with van der Waals surface area (Å²) >= 11 is 0. The lowest BCUT2D eigenvalue weighted by atomic mass is 10.0. The van der Waals surface area contributed by atoms with Gasteiger partial charge in [0.25, 0.3) is 0 Å². The van der Waals surface area contributed by atoms with Crippen LogP contribution in [0.4, 0.5) is 24.1 Å². The fraction of sp³-hybridized carbons (Fsp3) is 0.444. The van der Waals surface area contributed by atoms with Crippen LogP contribution in [0.3, 0.4) is 0 Å². The number of amides is 2. The van der Waals surface area contributed by atoms with E-state index in [4.69, 9.17) is 15.2 Å². The van der Waals surface area contributed by atoms with Crippen molar-refractivity contribution in [3.05, 3.63) is 53.8 Å². The van der Waals surface area contributed by atoms with Crippen LogP contribution >= 0.6 is 0 Å². The van der Waals surface area contributed by atoms with Crippen molar-refractivity contribution >= 4 is 23.7 Å². The van der Waals surface area contributed by atoms with E-state index in [1.54, 1.807) is 57.2 Å². The smallest absolute Gasteiger partial charge is 0.414 e. The Morgan fingerprint density at radius 3 is 2.46 bits per heavy atom. The molecule has 200 valence electrons. The Labute approximate surface area is 215 Å². The number of Topliss-reactive ketones (excluding diaryl/α,β-unsaturated/α-hetero) is 1. The molecule has 1 fully saturated rings. The Hall–Kier alpha value is -3.53. The molecule has 1 aliphatic rings. The van der Waals surface area contributed by atoms with E-state index in [2.05, 4.69) is 0 Å². The van der Waals surface area contributed by atoms with Crippen molar-refractivity contribution in [3.63, 3.8) is 0 Å². The molecule has 10 heteroatoms. The van der Waals surface area contributed by atoms with Gasteiger partial charge in [-0.3, -0.25) is 14.1 Å². The molecule has 2 amide bonds. The van der Waals surface area contributed by atoms with Gasteiger partial charge in [0.15, 0.2) is 0 Å². The third-order valence-corrected chi connectivity index (χ3v) is 5.82. The van der Waals surface area contributed by atoms with Crippen LogP contribution < -0.4 is 10.6 Å². The largest absolute Gasteiger partial charge is 0.444 e. The number of halogens is 2. The van der Waals surface area contributed by atoms with Gasteiger partial charge in [-0.25, -0.2) is 14.0 Å². The molecule has 37 heavy (non-hydrogen) atoms. The van der Waals surface area contributed by atoms with Crippen molar-refractivity contribution in [1.82, 2.24) is 4.90 Å². The number of alkyl halides is 1. The molecule has 1 aliphatic heterocycles. The van der Waals surface area contributed by atoms with Gasteiger partial charge >= 0.3 is 12.2 Å². The number of carbonyl (C=O) groups excluding carboxylic acids is 3. The summed E-state index contributed by atoms with van der Waals surface area (Å²) in [6.07, 6.45) is -1.83. The normalized spacial score (nSPS) is 16.4. The first-order chi connectivity index (χ1) is 17.4. The second-order valence-corrected chi connectivity index (χ2v) is 9.97. The Balaban J connectivity index is 1.73. The lowest BCUT2D eigenvalue weighted by Crippen LogP contribution is -2.43. The minimum Gasteiger partial charge on any atom is -0.444 e. The maximum atomic E-state index is 15.1. The van der Waals surface area contributed by atoms with Crippen molar-refractivity contribution in [2.75, 3.05) is 24.7 Å². The van der Waals surface area contributed by atoms with E-state index in [0.29, 0.717) is 16.8 Å². The molecule has 1 saturated heterocycles. The summed E-state index contributed by atoms with van der Waals surface area (Å²) < 4.78 is 38.4. The predicted molar refractivity (Wildman–Crippen MR) is 135 cm³/mol. The van der Waals surface area contributed by atoms with Crippen LogP contribution in [0.15, 0.2) is 42.5 Å². The first-order valence-corrected chi connectivity index (χ1v) is 12.1. The molecule has 2 atom stereocenters. The highest BCUT2D eigenvalue weighted by Gasteiger charge is 2.38. The summed E-state index contributed by atoms with van der Waals surface area (Å²) in [4.78, 5) is 39.0. The summed E-state index contributed by atoms with van der Waals surface area (Å²) in [7, 11) is 0. The van der Waals surface area contributed by atoms with Crippen LogP contribution in [0.5, 0.6) is 0 Å². The topological polar surface area (TPSA) is 102 Å². The van der Waals surface area contributed by atoms with Crippen molar-refractivity contribution in [1.29, 1.82) is 0 Å². The number of hydrogen-bond acceptors (Lipinski definition) is 6. The summed E-state index contributed by atoms with van der Waals surface area (Å²) in [5.74, 6) is -0.850. The van der Waals surface area contributed by atoms with E-state index < -0.39 is 42.4 Å². The summed E-state index contributed by atoms with van der Waals surface area (Å²) in [6.45, 7) is 6.53. The lowest BCUT2D eigenvalue weighted by molar-refractivity contribution is -0.120. The van der Waals surface area contributed by atoms with Gasteiger partial charge in [-0.1, -0.05) is 24.3 Å². The zero-order valence-corrected chi connectivity index (χ0v) is 21.5. The third kappa shape index (κ3) is 7.25. The lowest BCUT2D eigenvalue weighted by Gasteiger charge is -2.27. The van der Waals surface area contributed by atoms with Gasteiger partial charge in [0, 0.05) is 18.7 Å². The highest BCUT2D eigenvalue weighted by molar-refractivity contribution is 5.92. The molecule has 0 aromatic heterocycles. The molecule has 2 aromatic rings. The van der Waals surface area contributed by atoms with Crippen LogP contribution in [0.2, 0.25) is 0 Å². The van der Waals surface area contributed by atoms with Gasteiger partial charge < -0.3 is 20.1 Å². The zero-order chi connectivity index (χ0) is 27.3. The predicted octanol–water partition coefficient (Wildman–Crippen LogP) is 4.83. The molecule has 1 heterocycles. The van der Waals surface area contributed by atoms with Crippen LogP contribution in [0.1, 0.15) is 39.7 Å². The summed E-state index contributed by atoms with van der Waals surface area (Å²) in [6, 6.07) is 10.4. The minimum atomic E-state index is -0.945. The SMILES string of the molecule is CC(=O)C(N)C1CN(c2ccc(-c3ccc(CN(CCCF)C(=O)OC(C)(C)C)cc3)c(F)c2)C(=O)O1. The number of benzene rings is 2. The Morgan fingerprint density at radius 2 is 1.89 bits per heavy atom. The van der Waals surface area contributed by atoms with E-state index in [1.807, 2.05) is 0 Å². The van der Waals surface area contributed by atoms with Crippen molar-refractivity contribution in [2.45, 2.75) is 58.4 Å². The fourth-order valence-electron chi connectivity index (χ4n) is 3.87. The monoisotopic (exact) mass is 517 g/mol. The van der Waals surface area contributed by atoms with Gasteiger partial charge in [0.1, 0.15) is 29.3 Å². The first-order valence-electron chi connectivity index (χ1n) is 12.1. The van der Waals surface area contributed by atoms with Crippen molar-refractivity contribution in [3.8, 4) is 11.1 Å². The fourth-order valence-corrected chi connectivity index (χ4v) is 3.87. The van der Waals surface area contributed by atoms with E-state index in [-0.39, 0.29) is 31.8 Å². The van der Waals surface area contributed by atoms with Crippen molar-refractivity contribution < 1.29 is 32.6 Å². The second kappa shape index (κ2) is 11.7. The average Bonchev–Trinajstić information content (AvgIpc) is 3.22. The first kappa shape index (κ1) is 28.0. The number of cyclic esters (lactones) is 1. The quantitative estimate of drug-likeness (QED) is 0.511. The maximum absolute atomic E-state index is 15.1. The van der Waals surface area contributed by atoms with Crippen LogP contribution in [-0.4, -0.2) is 60.4 Å². The molecule has 2 N–H and O–H groups in total. The Morgan fingerprint density at radius 1 is 1.22 bits per heavy atom. The number of ketones is 1. The number of rotatable bonds is 9. The summed E-state index contributed by atoms with van der Waals surface area (Å²) in [5.41, 5.74) is 7.10. The molecule has 2 unspecified atom stereocenters. The van der Waals surface area contributed by atoms with Crippen LogP contribution in [0, 0.1) is 5.82 Å². The number of nitrogens with two attached hydrogens (primary N) is 1. The van der Waals surface area contributed by atoms with Gasteiger partial charge in [-0.15, -0.1) is 0 Å². The molecule has 8 nitrogen and oxygen atoms in total. The highest BCUT2D eigenvalue weighted by atomic mass is 19.1. The Bertz CT molecular complexity index is 1130. The van der Waals surface area contributed by atoms with Gasteiger partial charge in [0.05, 0.1) is 18.9 Å². The molecule has 0 saturated carbocycles. The molecule has 3 rings (SSSR count). The van der Waals surface area contributed by atoms with Gasteiger partial charge in [-0.05, 0) is 63.4 Å². The summed E-state index contributed by atoms with van der Waals surface area (Å²) in [5, 5.41) is 0. The van der Waals surface area contributed by atoms with E-state index in [0.717, 1.165) is 5.56 Å². The van der Waals surface area contributed by atoms with E-state index in [1.165, 1.54) is 22.8 Å².